The summed E-state index contributed by atoms with van der Waals surface area (Å²) in [6.07, 6.45) is 5.28. The Hall–Kier alpha value is -0.400. The van der Waals surface area contributed by atoms with Crippen LogP contribution in [-0.4, -0.2) is 29.5 Å². The van der Waals surface area contributed by atoms with Gasteiger partial charge in [0.05, 0.1) is 11.4 Å². The monoisotopic (exact) mass is 349 g/mol. The summed E-state index contributed by atoms with van der Waals surface area (Å²) in [6, 6.07) is -0.0406. The van der Waals surface area contributed by atoms with E-state index in [1.807, 2.05) is 0 Å². The molecular weight excluding hydrogens is 330 g/mol. The summed E-state index contributed by atoms with van der Waals surface area (Å²) in [5.74, 6) is 0. The van der Waals surface area contributed by atoms with Crippen LogP contribution in [-0.2, 0) is 10.0 Å². The van der Waals surface area contributed by atoms with E-state index in [2.05, 4.69) is 30.8 Å². The van der Waals surface area contributed by atoms with Gasteiger partial charge in [0.25, 0.3) is 0 Å². The van der Waals surface area contributed by atoms with Crippen molar-refractivity contribution in [1.29, 1.82) is 0 Å². The quantitative estimate of drug-likeness (QED) is 0.649. The van der Waals surface area contributed by atoms with Crippen molar-refractivity contribution >= 4 is 26.0 Å². The summed E-state index contributed by atoms with van der Waals surface area (Å²) in [5, 5.41) is 6.68. The number of halogens is 1. The first-order valence-electron chi connectivity index (χ1n) is 6.60. The van der Waals surface area contributed by atoms with Crippen molar-refractivity contribution in [1.82, 2.24) is 14.9 Å². The van der Waals surface area contributed by atoms with Gasteiger partial charge in [-0.1, -0.05) is 35.2 Å². The number of aromatic nitrogens is 2. The predicted octanol–water partition coefficient (Wildman–Crippen LogP) is 2.40. The molecule has 108 valence electrons. The minimum Gasteiger partial charge on any atom is -0.281 e. The van der Waals surface area contributed by atoms with Gasteiger partial charge in [-0.05, 0) is 26.7 Å². The number of aryl methyl sites for hydroxylation is 2. The Morgan fingerprint density at radius 2 is 1.95 bits per heavy atom. The highest BCUT2D eigenvalue weighted by molar-refractivity contribution is 9.09. The molecule has 0 aromatic carbocycles. The molecule has 2 unspecified atom stereocenters. The van der Waals surface area contributed by atoms with Gasteiger partial charge in [-0.15, -0.1) is 0 Å². The van der Waals surface area contributed by atoms with E-state index >= 15 is 0 Å². The Labute approximate surface area is 122 Å². The van der Waals surface area contributed by atoms with Crippen LogP contribution < -0.4 is 4.72 Å². The summed E-state index contributed by atoms with van der Waals surface area (Å²) in [4.78, 5) is 0.494. The molecule has 0 bridgehead atoms. The zero-order valence-corrected chi connectivity index (χ0v) is 13.6. The van der Waals surface area contributed by atoms with Crippen LogP contribution in [0.1, 0.15) is 43.5 Å². The number of aromatic amines is 1. The first kappa shape index (κ1) is 15.0. The summed E-state index contributed by atoms with van der Waals surface area (Å²) in [5.41, 5.74) is 1.11. The lowest BCUT2D eigenvalue weighted by Gasteiger charge is -2.21. The second-order valence-electron chi connectivity index (χ2n) is 5.14. The molecule has 0 aliphatic heterocycles. The standard InChI is InChI=1S/C12H20BrN3O2S/c1-8-12(9(2)15-14-8)19(17,18)16-11-7-5-3-4-6-10(11)13/h10-11,16H,3-7H2,1-2H3,(H,14,15). The van der Waals surface area contributed by atoms with Gasteiger partial charge in [0.1, 0.15) is 4.90 Å². The molecule has 1 heterocycles. The van der Waals surface area contributed by atoms with Gasteiger partial charge >= 0.3 is 0 Å². The molecule has 0 saturated heterocycles. The lowest BCUT2D eigenvalue weighted by molar-refractivity contribution is 0.520. The number of nitrogens with one attached hydrogen (secondary N) is 2. The largest absolute Gasteiger partial charge is 0.281 e. The molecule has 1 aromatic heterocycles. The molecule has 2 atom stereocenters. The number of H-pyrrole nitrogens is 1. The maximum Gasteiger partial charge on any atom is 0.244 e. The maximum atomic E-state index is 12.5. The molecule has 0 amide bonds. The minimum atomic E-state index is -3.50. The Bertz CT molecular complexity index is 522. The van der Waals surface area contributed by atoms with Gasteiger partial charge in [-0.3, -0.25) is 5.10 Å². The summed E-state index contributed by atoms with van der Waals surface area (Å²) in [7, 11) is -3.50. The zero-order chi connectivity index (χ0) is 14.0. The number of nitrogens with zero attached hydrogens (tertiary/aromatic N) is 1. The molecule has 2 N–H and O–H groups in total. The van der Waals surface area contributed by atoms with Gasteiger partial charge in [0.2, 0.25) is 10.0 Å². The van der Waals surface area contributed by atoms with Crippen molar-refractivity contribution < 1.29 is 8.42 Å². The average molecular weight is 350 g/mol. The Balaban J connectivity index is 2.21. The van der Waals surface area contributed by atoms with Crippen molar-refractivity contribution in [2.24, 2.45) is 0 Å². The second-order valence-corrected chi connectivity index (χ2v) is 7.97. The van der Waals surface area contributed by atoms with Gasteiger partial charge in [0, 0.05) is 10.9 Å². The molecule has 1 saturated carbocycles. The third-order valence-electron chi connectivity index (χ3n) is 3.57. The molecule has 2 rings (SSSR count). The fourth-order valence-corrected chi connectivity index (χ4v) is 5.17. The number of sulfonamides is 1. The van der Waals surface area contributed by atoms with Gasteiger partial charge in [-0.2, -0.15) is 5.10 Å². The average Bonchev–Trinajstić information content (AvgIpc) is 2.54. The zero-order valence-electron chi connectivity index (χ0n) is 11.2. The van der Waals surface area contributed by atoms with Crippen LogP contribution in [0.3, 0.4) is 0 Å². The number of hydrogen-bond acceptors (Lipinski definition) is 3. The molecule has 1 aromatic rings. The van der Waals surface area contributed by atoms with Crippen molar-refractivity contribution in [2.75, 3.05) is 0 Å². The van der Waals surface area contributed by atoms with Crippen LogP contribution in [0.15, 0.2) is 4.90 Å². The fraction of sp³-hybridized carbons (Fsp3) is 0.750. The molecular formula is C12H20BrN3O2S. The molecule has 0 radical (unpaired) electrons. The molecule has 5 nitrogen and oxygen atoms in total. The van der Waals surface area contributed by atoms with E-state index < -0.39 is 10.0 Å². The molecule has 1 aliphatic rings. The van der Waals surface area contributed by atoms with Crippen LogP contribution in [0.25, 0.3) is 0 Å². The summed E-state index contributed by atoms with van der Waals surface area (Å²) < 4.78 is 27.8. The highest BCUT2D eigenvalue weighted by Crippen LogP contribution is 2.26. The number of alkyl halides is 1. The number of hydrogen-bond donors (Lipinski definition) is 2. The lowest BCUT2D eigenvalue weighted by Crippen LogP contribution is -2.40. The van der Waals surface area contributed by atoms with Crippen LogP contribution in [0.4, 0.5) is 0 Å². The van der Waals surface area contributed by atoms with E-state index in [1.54, 1.807) is 13.8 Å². The number of rotatable bonds is 3. The normalized spacial score (nSPS) is 25.2. The van der Waals surface area contributed by atoms with E-state index in [-0.39, 0.29) is 15.8 Å². The molecule has 1 aliphatic carbocycles. The fourth-order valence-electron chi connectivity index (χ4n) is 2.59. The lowest BCUT2D eigenvalue weighted by atomic mass is 10.1. The third kappa shape index (κ3) is 3.38. The van der Waals surface area contributed by atoms with Crippen LogP contribution in [0, 0.1) is 13.8 Å². The topological polar surface area (TPSA) is 74.8 Å². The Morgan fingerprint density at radius 1 is 1.26 bits per heavy atom. The van der Waals surface area contributed by atoms with Crippen LogP contribution in [0.5, 0.6) is 0 Å². The summed E-state index contributed by atoms with van der Waals surface area (Å²) in [6.45, 7) is 3.43. The van der Waals surface area contributed by atoms with E-state index in [0.717, 1.165) is 25.7 Å². The predicted molar refractivity (Wildman–Crippen MR) is 78.0 cm³/mol. The van der Waals surface area contributed by atoms with Gasteiger partial charge < -0.3 is 0 Å². The summed E-state index contributed by atoms with van der Waals surface area (Å²) >= 11 is 3.61. The van der Waals surface area contributed by atoms with Crippen LogP contribution >= 0.6 is 15.9 Å². The van der Waals surface area contributed by atoms with E-state index in [1.165, 1.54) is 6.42 Å². The molecule has 7 heteroatoms. The SMILES string of the molecule is Cc1n[nH]c(C)c1S(=O)(=O)NC1CCCCCC1Br. The van der Waals surface area contributed by atoms with E-state index in [9.17, 15) is 8.42 Å². The maximum absolute atomic E-state index is 12.5. The Morgan fingerprint density at radius 3 is 2.58 bits per heavy atom. The smallest absolute Gasteiger partial charge is 0.244 e. The Kier molecular flexibility index (Phi) is 4.68. The van der Waals surface area contributed by atoms with Crippen molar-refractivity contribution in [3.8, 4) is 0 Å². The molecule has 19 heavy (non-hydrogen) atoms. The van der Waals surface area contributed by atoms with Crippen LogP contribution in [0.2, 0.25) is 0 Å². The minimum absolute atomic E-state index is 0.0406. The second kappa shape index (κ2) is 5.93. The van der Waals surface area contributed by atoms with Crippen molar-refractivity contribution in [3.05, 3.63) is 11.4 Å². The molecule has 0 spiro atoms. The molecule has 1 fully saturated rings. The van der Waals surface area contributed by atoms with Gasteiger partial charge in [0.15, 0.2) is 0 Å². The first-order chi connectivity index (χ1) is 8.92. The van der Waals surface area contributed by atoms with Crippen molar-refractivity contribution in [2.45, 2.75) is 61.7 Å². The highest BCUT2D eigenvalue weighted by Gasteiger charge is 2.29. The first-order valence-corrected chi connectivity index (χ1v) is 8.99. The third-order valence-corrected chi connectivity index (χ3v) is 6.42. The highest BCUT2D eigenvalue weighted by atomic mass is 79.9. The van der Waals surface area contributed by atoms with E-state index in [4.69, 9.17) is 0 Å². The van der Waals surface area contributed by atoms with Gasteiger partial charge in [-0.25, -0.2) is 13.1 Å². The van der Waals surface area contributed by atoms with E-state index in [0.29, 0.717) is 11.4 Å². The van der Waals surface area contributed by atoms with Crippen molar-refractivity contribution in [3.63, 3.8) is 0 Å².